The highest BCUT2D eigenvalue weighted by molar-refractivity contribution is 7.84. The molecule has 7 heteroatoms. The van der Waals surface area contributed by atoms with Crippen LogP contribution < -0.4 is 20.1 Å². The maximum atomic E-state index is 12.2. The Morgan fingerprint density at radius 2 is 1.81 bits per heavy atom. The molecule has 27 heavy (non-hydrogen) atoms. The molecule has 0 fully saturated rings. The second-order valence-corrected chi connectivity index (χ2v) is 7.31. The summed E-state index contributed by atoms with van der Waals surface area (Å²) in [5.41, 5.74) is 1.91. The predicted molar refractivity (Wildman–Crippen MR) is 112 cm³/mol. The molecule has 2 aromatic rings. The van der Waals surface area contributed by atoms with E-state index in [1.54, 1.807) is 14.2 Å². The Hall–Kier alpha value is -2.54. The highest BCUT2D eigenvalue weighted by atomic mass is 32.2. The van der Waals surface area contributed by atoms with Gasteiger partial charge >= 0.3 is 0 Å². The first-order valence-corrected chi connectivity index (χ1v) is 10.3. The van der Waals surface area contributed by atoms with E-state index in [2.05, 4.69) is 15.6 Å². The van der Waals surface area contributed by atoms with E-state index >= 15 is 0 Å². The van der Waals surface area contributed by atoms with Crippen LogP contribution in [0.1, 0.15) is 12.5 Å². The fourth-order valence-corrected chi connectivity index (χ4v) is 3.45. The molecule has 0 heterocycles. The summed E-state index contributed by atoms with van der Waals surface area (Å²) in [6.07, 6.45) is 0. The normalized spacial score (nSPS) is 12.3. The first-order chi connectivity index (χ1) is 13.2. The SMILES string of the molecule is CCNC(=NCCS(=O)Cc1ccccc1)Nc1ccc(OC)c(OC)c1. The molecule has 2 rings (SSSR count). The fraction of sp³-hybridized carbons (Fsp3) is 0.350. The van der Waals surface area contributed by atoms with Crippen LogP contribution in [0.15, 0.2) is 53.5 Å². The molecule has 0 radical (unpaired) electrons. The van der Waals surface area contributed by atoms with E-state index in [4.69, 9.17) is 9.47 Å². The average Bonchev–Trinajstić information content (AvgIpc) is 2.68. The second kappa shape index (κ2) is 11.2. The summed E-state index contributed by atoms with van der Waals surface area (Å²) in [5.74, 6) is 3.01. The van der Waals surface area contributed by atoms with Gasteiger partial charge in [0.05, 0.1) is 20.8 Å². The molecule has 0 aliphatic carbocycles. The molecule has 0 aromatic heterocycles. The van der Waals surface area contributed by atoms with Crippen LogP contribution in [-0.2, 0) is 16.6 Å². The minimum atomic E-state index is -0.946. The number of ether oxygens (including phenoxy) is 2. The third-order valence-corrected chi connectivity index (χ3v) is 5.04. The van der Waals surface area contributed by atoms with E-state index in [9.17, 15) is 4.21 Å². The zero-order chi connectivity index (χ0) is 19.5. The number of guanidine groups is 1. The highest BCUT2D eigenvalue weighted by Crippen LogP contribution is 2.29. The lowest BCUT2D eigenvalue weighted by atomic mass is 10.2. The molecule has 0 saturated heterocycles. The lowest BCUT2D eigenvalue weighted by Crippen LogP contribution is -2.31. The van der Waals surface area contributed by atoms with Crippen molar-refractivity contribution in [1.82, 2.24) is 5.32 Å². The van der Waals surface area contributed by atoms with Gasteiger partial charge in [-0.15, -0.1) is 0 Å². The van der Waals surface area contributed by atoms with Crippen molar-refractivity contribution >= 4 is 22.4 Å². The summed E-state index contributed by atoms with van der Waals surface area (Å²) in [5, 5.41) is 6.42. The zero-order valence-corrected chi connectivity index (χ0v) is 16.8. The molecule has 2 aromatic carbocycles. The number of hydrogen-bond donors (Lipinski definition) is 2. The van der Waals surface area contributed by atoms with Crippen molar-refractivity contribution in [2.75, 3.05) is 38.4 Å². The monoisotopic (exact) mass is 389 g/mol. The van der Waals surface area contributed by atoms with E-state index in [-0.39, 0.29) is 0 Å². The van der Waals surface area contributed by atoms with Gasteiger partial charge in [-0.3, -0.25) is 9.20 Å². The van der Waals surface area contributed by atoms with Crippen molar-refractivity contribution < 1.29 is 13.7 Å². The predicted octanol–water partition coefficient (Wildman–Crippen LogP) is 3.03. The van der Waals surface area contributed by atoms with Crippen LogP contribution in [0.4, 0.5) is 5.69 Å². The molecule has 0 saturated carbocycles. The summed E-state index contributed by atoms with van der Waals surface area (Å²) in [4.78, 5) is 4.52. The van der Waals surface area contributed by atoms with E-state index < -0.39 is 10.8 Å². The number of nitrogens with one attached hydrogen (secondary N) is 2. The number of aliphatic imine (C=N–C) groups is 1. The number of methoxy groups -OCH3 is 2. The standard InChI is InChI=1S/C20H27N3O3S/c1-4-21-20(23-17-10-11-18(25-2)19(14-17)26-3)22-12-13-27(24)15-16-8-6-5-7-9-16/h5-11,14H,4,12-13,15H2,1-3H3,(H2,21,22,23). The molecule has 0 spiro atoms. The van der Waals surface area contributed by atoms with Crippen LogP contribution >= 0.6 is 0 Å². The average molecular weight is 390 g/mol. The molecule has 6 nitrogen and oxygen atoms in total. The molecule has 0 aliphatic heterocycles. The van der Waals surface area contributed by atoms with Crippen molar-refractivity contribution in [3.05, 3.63) is 54.1 Å². The van der Waals surface area contributed by atoms with Gasteiger partial charge in [0, 0.05) is 40.6 Å². The van der Waals surface area contributed by atoms with Crippen molar-refractivity contribution in [2.45, 2.75) is 12.7 Å². The topological polar surface area (TPSA) is 72.0 Å². The first kappa shape index (κ1) is 20.8. The van der Waals surface area contributed by atoms with Crippen LogP contribution in [0.2, 0.25) is 0 Å². The number of nitrogens with zero attached hydrogens (tertiary/aromatic N) is 1. The Bertz CT molecular complexity index is 766. The van der Waals surface area contributed by atoms with E-state index in [0.29, 0.717) is 35.5 Å². The van der Waals surface area contributed by atoms with Crippen LogP contribution in [0, 0.1) is 0 Å². The molecule has 0 bridgehead atoms. The Morgan fingerprint density at radius 1 is 1.07 bits per heavy atom. The molecule has 0 amide bonds. The smallest absolute Gasteiger partial charge is 0.195 e. The largest absolute Gasteiger partial charge is 0.493 e. The maximum absolute atomic E-state index is 12.2. The maximum Gasteiger partial charge on any atom is 0.195 e. The fourth-order valence-electron chi connectivity index (χ4n) is 2.45. The van der Waals surface area contributed by atoms with Gasteiger partial charge in [0.15, 0.2) is 17.5 Å². The minimum absolute atomic E-state index is 0.474. The van der Waals surface area contributed by atoms with Crippen LogP contribution in [0.5, 0.6) is 11.5 Å². The third kappa shape index (κ3) is 6.94. The lowest BCUT2D eigenvalue weighted by Gasteiger charge is -2.13. The summed E-state index contributed by atoms with van der Waals surface area (Å²) in [7, 11) is 2.26. The number of rotatable bonds is 9. The Balaban J connectivity index is 1.94. The van der Waals surface area contributed by atoms with E-state index in [1.165, 1.54) is 0 Å². The van der Waals surface area contributed by atoms with Crippen LogP contribution in [0.25, 0.3) is 0 Å². The van der Waals surface area contributed by atoms with Crippen molar-refractivity contribution in [3.63, 3.8) is 0 Å². The zero-order valence-electron chi connectivity index (χ0n) is 16.0. The number of hydrogen-bond acceptors (Lipinski definition) is 4. The van der Waals surface area contributed by atoms with Gasteiger partial charge in [-0.05, 0) is 24.6 Å². The molecule has 2 N–H and O–H groups in total. The van der Waals surface area contributed by atoms with Crippen molar-refractivity contribution in [1.29, 1.82) is 0 Å². The Morgan fingerprint density at radius 3 is 2.48 bits per heavy atom. The van der Waals surface area contributed by atoms with Gasteiger partial charge in [0.25, 0.3) is 0 Å². The van der Waals surface area contributed by atoms with Gasteiger partial charge in [-0.2, -0.15) is 0 Å². The summed E-state index contributed by atoms with van der Waals surface area (Å²) >= 11 is 0. The molecule has 1 unspecified atom stereocenters. The summed E-state index contributed by atoms with van der Waals surface area (Å²) in [6.45, 7) is 3.20. The van der Waals surface area contributed by atoms with Crippen LogP contribution in [-0.4, -0.2) is 43.2 Å². The lowest BCUT2D eigenvalue weighted by molar-refractivity contribution is 0.355. The van der Waals surface area contributed by atoms with Gasteiger partial charge < -0.3 is 20.1 Å². The quantitative estimate of drug-likeness (QED) is 0.509. The van der Waals surface area contributed by atoms with Gasteiger partial charge in [-0.1, -0.05) is 30.3 Å². The third-order valence-electron chi connectivity index (χ3n) is 3.75. The Labute approximate surface area is 163 Å². The van der Waals surface area contributed by atoms with Gasteiger partial charge in [-0.25, -0.2) is 0 Å². The molecule has 146 valence electrons. The second-order valence-electron chi connectivity index (χ2n) is 5.73. The van der Waals surface area contributed by atoms with Crippen molar-refractivity contribution in [2.24, 2.45) is 4.99 Å². The molecule has 0 aliphatic rings. The van der Waals surface area contributed by atoms with E-state index in [0.717, 1.165) is 17.8 Å². The van der Waals surface area contributed by atoms with Crippen LogP contribution in [0.3, 0.4) is 0 Å². The van der Waals surface area contributed by atoms with E-state index in [1.807, 2.05) is 55.5 Å². The number of anilines is 1. The van der Waals surface area contributed by atoms with Crippen molar-refractivity contribution in [3.8, 4) is 11.5 Å². The number of benzene rings is 2. The molecular weight excluding hydrogens is 362 g/mol. The minimum Gasteiger partial charge on any atom is -0.493 e. The first-order valence-electron chi connectivity index (χ1n) is 8.82. The summed E-state index contributed by atoms with van der Waals surface area (Å²) < 4.78 is 22.8. The molecule has 1 atom stereocenters. The Kier molecular flexibility index (Phi) is 8.64. The van der Waals surface area contributed by atoms with Gasteiger partial charge in [0.1, 0.15) is 0 Å². The highest BCUT2D eigenvalue weighted by Gasteiger charge is 2.07. The summed E-state index contributed by atoms with van der Waals surface area (Å²) in [6, 6.07) is 15.4. The molecular formula is C20H27N3O3S. The van der Waals surface area contributed by atoms with Gasteiger partial charge in [0.2, 0.25) is 0 Å².